The van der Waals surface area contributed by atoms with Gasteiger partial charge in [0.05, 0.1) is 0 Å². The molecular weight excluding hydrogens is 358 g/mol. The van der Waals surface area contributed by atoms with Gasteiger partial charge in [-0.05, 0) is 31.3 Å². The summed E-state index contributed by atoms with van der Waals surface area (Å²) in [5.74, 6) is 1.23. The number of benzene rings is 1. The molecule has 1 aromatic heterocycles. The van der Waals surface area contributed by atoms with Crippen LogP contribution in [0.3, 0.4) is 0 Å². The Hall–Kier alpha value is -1.90. The summed E-state index contributed by atoms with van der Waals surface area (Å²) in [6.45, 7) is 3.88. The summed E-state index contributed by atoms with van der Waals surface area (Å²) >= 11 is 3.42. The number of rotatable bonds is 4. The smallest absolute Gasteiger partial charge is 0.169 e. The predicted molar refractivity (Wildman–Crippen MR) is 96.6 cm³/mol. The molecule has 2 heterocycles. The minimum atomic E-state index is 0.509. The van der Waals surface area contributed by atoms with Crippen LogP contribution in [0.4, 0.5) is 23.0 Å². The average Bonchev–Trinajstić information content (AvgIpc) is 2.55. The minimum Gasteiger partial charge on any atom is -0.393 e. The SMILES string of the molecule is CN1CCN(Nc2ncnc(Nc3ccc(Br)cc3)c2N)CC1. The molecule has 0 unspecified atom stereocenters. The van der Waals surface area contributed by atoms with E-state index in [-0.39, 0.29) is 0 Å². The number of anilines is 4. The second kappa shape index (κ2) is 7.12. The van der Waals surface area contributed by atoms with Crippen molar-refractivity contribution in [2.45, 2.75) is 0 Å². The molecule has 1 fully saturated rings. The summed E-state index contributed by atoms with van der Waals surface area (Å²) in [7, 11) is 2.12. The molecule has 2 aromatic rings. The normalized spacial score (nSPS) is 16.3. The first kappa shape index (κ1) is 16.0. The van der Waals surface area contributed by atoms with Gasteiger partial charge in [-0.1, -0.05) is 15.9 Å². The van der Waals surface area contributed by atoms with Gasteiger partial charge in [0.25, 0.3) is 0 Å². The van der Waals surface area contributed by atoms with E-state index in [1.165, 1.54) is 6.33 Å². The number of halogens is 1. The van der Waals surface area contributed by atoms with Gasteiger partial charge in [0.15, 0.2) is 11.6 Å². The molecule has 1 aliphatic rings. The van der Waals surface area contributed by atoms with E-state index in [1.807, 2.05) is 24.3 Å². The van der Waals surface area contributed by atoms with Crippen LogP contribution in [-0.4, -0.2) is 53.1 Å². The highest BCUT2D eigenvalue weighted by Gasteiger charge is 2.16. The van der Waals surface area contributed by atoms with E-state index >= 15 is 0 Å². The highest BCUT2D eigenvalue weighted by Crippen LogP contribution is 2.26. The van der Waals surface area contributed by atoms with Gasteiger partial charge in [0, 0.05) is 36.3 Å². The minimum absolute atomic E-state index is 0.509. The largest absolute Gasteiger partial charge is 0.393 e. The standard InChI is InChI=1S/C15H20BrN7/c1-22-6-8-23(9-7-22)21-15-13(17)14(18-10-19-15)20-12-4-2-11(16)3-5-12/h2-5,10H,6-9,17H2,1H3,(H2,18,19,20,21). The molecule has 1 saturated heterocycles. The lowest BCUT2D eigenvalue weighted by molar-refractivity contribution is 0.178. The van der Waals surface area contributed by atoms with E-state index in [0.717, 1.165) is 36.3 Å². The molecule has 3 rings (SSSR count). The molecule has 4 N–H and O–H groups in total. The van der Waals surface area contributed by atoms with Crippen molar-refractivity contribution in [1.29, 1.82) is 0 Å². The van der Waals surface area contributed by atoms with E-state index in [4.69, 9.17) is 5.73 Å². The van der Waals surface area contributed by atoms with Gasteiger partial charge in [0.1, 0.15) is 12.0 Å². The van der Waals surface area contributed by atoms with Gasteiger partial charge in [-0.15, -0.1) is 0 Å². The summed E-state index contributed by atoms with van der Waals surface area (Å²) in [4.78, 5) is 10.8. The van der Waals surface area contributed by atoms with Gasteiger partial charge in [-0.2, -0.15) is 0 Å². The van der Waals surface area contributed by atoms with E-state index < -0.39 is 0 Å². The first-order chi connectivity index (χ1) is 11.1. The molecule has 7 nitrogen and oxygen atoms in total. The van der Waals surface area contributed by atoms with Gasteiger partial charge >= 0.3 is 0 Å². The van der Waals surface area contributed by atoms with Crippen LogP contribution in [0.1, 0.15) is 0 Å². The fraction of sp³-hybridized carbons (Fsp3) is 0.333. The molecule has 0 spiro atoms. The molecule has 0 atom stereocenters. The van der Waals surface area contributed by atoms with Crippen LogP contribution >= 0.6 is 15.9 Å². The van der Waals surface area contributed by atoms with Crippen LogP contribution in [0.25, 0.3) is 0 Å². The molecule has 0 bridgehead atoms. The van der Waals surface area contributed by atoms with Crippen LogP contribution in [0.5, 0.6) is 0 Å². The quantitative estimate of drug-likeness (QED) is 0.752. The van der Waals surface area contributed by atoms with Crippen molar-refractivity contribution in [2.75, 3.05) is 49.7 Å². The van der Waals surface area contributed by atoms with Crippen molar-refractivity contribution >= 4 is 38.9 Å². The van der Waals surface area contributed by atoms with Crippen molar-refractivity contribution in [3.8, 4) is 0 Å². The maximum Gasteiger partial charge on any atom is 0.169 e. The number of nitrogens with zero attached hydrogens (tertiary/aromatic N) is 4. The predicted octanol–water partition coefficient (Wildman–Crippen LogP) is 2.14. The summed E-state index contributed by atoms with van der Waals surface area (Å²) in [5, 5.41) is 5.35. The Morgan fingerprint density at radius 3 is 2.39 bits per heavy atom. The van der Waals surface area contributed by atoms with Crippen molar-refractivity contribution in [3.63, 3.8) is 0 Å². The summed E-state index contributed by atoms with van der Waals surface area (Å²) in [5.41, 5.74) is 10.9. The van der Waals surface area contributed by atoms with Crippen molar-refractivity contribution in [1.82, 2.24) is 19.9 Å². The first-order valence-corrected chi connectivity index (χ1v) is 8.24. The van der Waals surface area contributed by atoms with Crippen molar-refractivity contribution < 1.29 is 0 Å². The maximum absolute atomic E-state index is 6.21. The fourth-order valence-electron chi connectivity index (χ4n) is 2.32. The number of nitrogens with one attached hydrogen (secondary N) is 2. The number of likely N-dealkylation sites (N-methyl/N-ethyl adjacent to an activating group) is 1. The van der Waals surface area contributed by atoms with E-state index in [1.54, 1.807) is 0 Å². The summed E-state index contributed by atoms with van der Waals surface area (Å²) in [6, 6.07) is 7.84. The number of nitrogens with two attached hydrogens (primary N) is 1. The Kier molecular flexibility index (Phi) is 4.94. The average molecular weight is 378 g/mol. The molecule has 0 radical (unpaired) electrons. The topological polar surface area (TPSA) is 82.3 Å². The fourth-order valence-corrected chi connectivity index (χ4v) is 2.59. The number of hydrogen-bond donors (Lipinski definition) is 3. The van der Waals surface area contributed by atoms with Crippen LogP contribution in [0, 0.1) is 0 Å². The lowest BCUT2D eigenvalue weighted by Crippen LogP contribution is -2.47. The molecular formula is C15H20BrN7. The zero-order valence-electron chi connectivity index (χ0n) is 13.0. The monoisotopic (exact) mass is 377 g/mol. The number of hydrazine groups is 1. The van der Waals surface area contributed by atoms with Gasteiger partial charge in [-0.3, -0.25) is 0 Å². The zero-order valence-corrected chi connectivity index (χ0v) is 14.5. The third-order valence-corrected chi connectivity index (χ3v) is 4.29. The maximum atomic E-state index is 6.21. The molecule has 122 valence electrons. The molecule has 23 heavy (non-hydrogen) atoms. The summed E-state index contributed by atoms with van der Waals surface area (Å²) < 4.78 is 1.02. The molecule has 1 aliphatic heterocycles. The van der Waals surface area contributed by atoms with Gasteiger partial charge in [-0.25, -0.2) is 15.0 Å². The highest BCUT2D eigenvalue weighted by molar-refractivity contribution is 9.10. The van der Waals surface area contributed by atoms with E-state index in [9.17, 15) is 0 Å². The Labute approximate surface area is 144 Å². The Morgan fingerprint density at radius 2 is 1.70 bits per heavy atom. The van der Waals surface area contributed by atoms with Gasteiger partial charge < -0.3 is 21.4 Å². The molecule has 0 aliphatic carbocycles. The van der Waals surface area contributed by atoms with E-state index in [0.29, 0.717) is 17.3 Å². The number of piperazine rings is 1. The zero-order chi connectivity index (χ0) is 16.2. The third kappa shape index (κ3) is 4.10. The van der Waals surface area contributed by atoms with Crippen LogP contribution in [0.15, 0.2) is 35.1 Å². The van der Waals surface area contributed by atoms with Crippen LogP contribution in [-0.2, 0) is 0 Å². The molecule has 0 saturated carbocycles. The Balaban J connectivity index is 1.71. The number of nitrogen functional groups attached to an aromatic ring is 1. The van der Waals surface area contributed by atoms with Gasteiger partial charge in [0.2, 0.25) is 0 Å². The number of aromatic nitrogens is 2. The van der Waals surface area contributed by atoms with Crippen LogP contribution in [0.2, 0.25) is 0 Å². The Bertz CT molecular complexity index is 653. The lowest BCUT2D eigenvalue weighted by atomic mass is 10.3. The third-order valence-electron chi connectivity index (χ3n) is 3.76. The second-order valence-electron chi connectivity index (χ2n) is 5.52. The van der Waals surface area contributed by atoms with Crippen LogP contribution < -0.4 is 16.5 Å². The summed E-state index contributed by atoms with van der Waals surface area (Å²) in [6.07, 6.45) is 1.51. The molecule has 8 heteroatoms. The second-order valence-corrected chi connectivity index (χ2v) is 6.43. The first-order valence-electron chi connectivity index (χ1n) is 7.45. The Morgan fingerprint density at radius 1 is 1.04 bits per heavy atom. The molecule has 1 aromatic carbocycles. The number of hydrogen-bond acceptors (Lipinski definition) is 7. The van der Waals surface area contributed by atoms with Crippen molar-refractivity contribution in [2.24, 2.45) is 0 Å². The lowest BCUT2D eigenvalue weighted by Gasteiger charge is -2.32. The van der Waals surface area contributed by atoms with Crippen molar-refractivity contribution in [3.05, 3.63) is 35.1 Å². The highest BCUT2D eigenvalue weighted by atomic mass is 79.9. The van der Waals surface area contributed by atoms with E-state index in [2.05, 4.69) is 53.6 Å². The molecule has 0 amide bonds.